The van der Waals surface area contributed by atoms with Crippen molar-refractivity contribution in [3.63, 3.8) is 0 Å². The molecule has 1 heterocycles. The molecular formula is C10H7FN2O. The fraction of sp³-hybridized carbons (Fsp3) is 0. The maximum absolute atomic E-state index is 13.1. The highest BCUT2D eigenvalue weighted by Gasteiger charge is 2.03. The quantitative estimate of drug-likeness (QED) is 0.729. The molecular weight excluding hydrogens is 183 g/mol. The van der Waals surface area contributed by atoms with Gasteiger partial charge in [0.2, 0.25) is 5.88 Å². The minimum absolute atomic E-state index is 0.146. The van der Waals surface area contributed by atoms with Crippen LogP contribution in [0.25, 0.3) is 0 Å². The van der Waals surface area contributed by atoms with E-state index < -0.39 is 5.82 Å². The summed E-state index contributed by atoms with van der Waals surface area (Å²) in [5, 5.41) is 7.29. The summed E-state index contributed by atoms with van der Waals surface area (Å²) < 4.78 is 18.3. The lowest BCUT2D eigenvalue weighted by molar-refractivity contribution is 0.422. The summed E-state index contributed by atoms with van der Waals surface area (Å²) in [7, 11) is 0. The first-order valence-corrected chi connectivity index (χ1v) is 4.06. The van der Waals surface area contributed by atoms with E-state index in [0.717, 1.165) is 0 Å². The molecule has 1 aromatic carbocycles. The Morgan fingerprint density at radius 2 is 1.93 bits per heavy atom. The molecule has 0 aliphatic carbocycles. The molecule has 0 atom stereocenters. The van der Waals surface area contributed by atoms with Crippen molar-refractivity contribution in [2.45, 2.75) is 0 Å². The Balaban J connectivity index is 2.24. The van der Waals surface area contributed by atoms with Crippen LogP contribution in [0.1, 0.15) is 0 Å². The number of benzene rings is 1. The summed E-state index contributed by atoms with van der Waals surface area (Å²) in [6.07, 6.45) is 1.52. The molecule has 1 aromatic heterocycles. The second-order valence-corrected chi connectivity index (χ2v) is 2.59. The number of rotatable bonds is 2. The standard InChI is InChI=1S/C10H7FN2O/c11-8-4-1-2-5-9(8)14-10-6-3-7-12-13-10/h1-7H. The molecule has 0 radical (unpaired) electrons. The van der Waals surface area contributed by atoms with Crippen LogP contribution in [-0.2, 0) is 0 Å². The lowest BCUT2D eigenvalue weighted by Gasteiger charge is -2.03. The Hall–Kier alpha value is -1.97. The summed E-state index contributed by atoms with van der Waals surface area (Å²) in [5.74, 6) is 0.00348. The SMILES string of the molecule is Fc1ccccc1Oc1cccnn1. The van der Waals surface area contributed by atoms with Gasteiger partial charge in [-0.25, -0.2) is 4.39 Å². The van der Waals surface area contributed by atoms with Gasteiger partial charge >= 0.3 is 0 Å². The summed E-state index contributed by atoms with van der Waals surface area (Å²) in [6.45, 7) is 0. The van der Waals surface area contributed by atoms with E-state index >= 15 is 0 Å². The lowest BCUT2D eigenvalue weighted by atomic mass is 10.3. The van der Waals surface area contributed by atoms with Crippen molar-refractivity contribution in [3.05, 3.63) is 48.4 Å². The van der Waals surface area contributed by atoms with Crippen LogP contribution in [0.5, 0.6) is 11.6 Å². The molecule has 0 bridgehead atoms. The number of halogens is 1. The van der Waals surface area contributed by atoms with Crippen molar-refractivity contribution in [1.82, 2.24) is 10.2 Å². The van der Waals surface area contributed by atoms with Crippen molar-refractivity contribution in [3.8, 4) is 11.6 Å². The Labute approximate surface area is 80.2 Å². The number of hydrogen-bond donors (Lipinski definition) is 0. The second kappa shape index (κ2) is 3.83. The van der Waals surface area contributed by atoms with Gasteiger partial charge in [-0.05, 0) is 18.2 Å². The van der Waals surface area contributed by atoms with Crippen LogP contribution in [0.15, 0.2) is 42.6 Å². The highest BCUT2D eigenvalue weighted by Crippen LogP contribution is 2.21. The molecule has 0 fully saturated rings. The smallest absolute Gasteiger partial charge is 0.238 e. The van der Waals surface area contributed by atoms with E-state index in [1.54, 1.807) is 24.3 Å². The van der Waals surface area contributed by atoms with Gasteiger partial charge in [-0.2, -0.15) is 5.10 Å². The average molecular weight is 190 g/mol. The van der Waals surface area contributed by atoms with Gasteiger partial charge in [0.05, 0.1) is 0 Å². The molecule has 70 valence electrons. The zero-order valence-corrected chi connectivity index (χ0v) is 7.22. The zero-order valence-electron chi connectivity index (χ0n) is 7.22. The highest BCUT2D eigenvalue weighted by atomic mass is 19.1. The third-order valence-corrected chi connectivity index (χ3v) is 1.60. The van der Waals surface area contributed by atoms with Crippen molar-refractivity contribution in [1.29, 1.82) is 0 Å². The highest BCUT2D eigenvalue weighted by molar-refractivity contribution is 5.27. The largest absolute Gasteiger partial charge is 0.434 e. The number of nitrogens with zero attached hydrogens (tertiary/aromatic N) is 2. The van der Waals surface area contributed by atoms with E-state index in [1.165, 1.54) is 18.3 Å². The number of para-hydroxylation sites is 1. The molecule has 0 unspecified atom stereocenters. The fourth-order valence-corrected chi connectivity index (χ4v) is 0.982. The topological polar surface area (TPSA) is 35.0 Å². The van der Waals surface area contributed by atoms with Crippen molar-refractivity contribution < 1.29 is 9.13 Å². The van der Waals surface area contributed by atoms with Gasteiger partial charge in [0.1, 0.15) is 0 Å². The van der Waals surface area contributed by atoms with E-state index in [-0.39, 0.29) is 11.6 Å². The lowest BCUT2D eigenvalue weighted by Crippen LogP contribution is -1.91. The van der Waals surface area contributed by atoms with Crippen LogP contribution in [0.2, 0.25) is 0 Å². The third-order valence-electron chi connectivity index (χ3n) is 1.60. The normalized spacial score (nSPS) is 9.79. The molecule has 4 heteroatoms. The van der Waals surface area contributed by atoms with Crippen LogP contribution < -0.4 is 4.74 Å². The average Bonchev–Trinajstić information content (AvgIpc) is 2.23. The first-order valence-electron chi connectivity index (χ1n) is 4.06. The van der Waals surface area contributed by atoms with Crippen LogP contribution in [0.3, 0.4) is 0 Å². The van der Waals surface area contributed by atoms with Gasteiger partial charge in [-0.3, -0.25) is 0 Å². The predicted molar refractivity (Wildman–Crippen MR) is 48.5 cm³/mol. The van der Waals surface area contributed by atoms with Gasteiger partial charge in [-0.15, -0.1) is 5.10 Å². The van der Waals surface area contributed by atoms with E-state index in [2.05, 4.69) is 10.2 Å². The van der Waals surface area contributed by atoms with Gasteiger partial charge < -0.3 is 4.74 Å². The van der Waals surface area contributed by atoms with Gasteiger partial charge in [0.25, 0.3) is 0 Å². The van der Waals surface area contributed by atoms with Gasteiger partial charge in [0, 0.05) is 12.3 Å². The number of ether oxygens (including phenoxy) is 1. The van der Waals surface area contributed by atoms with Crippen LogP contribution in [-0.4, -0.2) is 10.2 Å². The Morgan fingerprint density at radius 1 is 1.07 bits per heavy atom. The van der Waals surface area contributed by atoms with Gasteiger partial charge in [0.15, 0.2) is 11.6 Å². The van der Waals surface area contributed by atoms with Crippen molar-refractivity contribution >= 4 is 0 Å². The van der Waals surface area contributed by atoms with E-state index in [0.29, 0.717) is 0 Å². The van der Waals surface area contributed by atoms with E-state index in [1.807, 2.05) is 0 Å². The maximum atomic E-state index is 13.1. The van der Waals surface area contributed by atoms with E-state index in [9.17, 15) is 4.39 Å². The number of hydrogen-bond acceptors (Lipinski definition) is 3. The first-order chi connectivity index (χ1) is 6.86. The predicted octanol–water partition coefficient (Wildman–Crippen LogP) is 2.41. The molecule has 0 N–H and O–H groups in total. The molecule has 2 rings (SSSR count). The molecule has 3 nitrogen and oxygen atoms in total. The molecule has 0 aliphatic heterocycles. The monoisotopic (exact) mass is 190 g/mol. The number of aromatic nitrogens is 2. The molecule has 0 aliphatic rings. The molecule has 0 saturated carbocycles. The summed E-state index contributed by atoms with van der Waals surface area (Å²) >= 11 is 0. The van der Waals surface area contributed by atoms with Crippen LogP contribution >= 0.6 is 0 Å². The molecule has 0 saturated heterocycles. The minimum atomic E-state index is -0.418. The zero-order chi connectivity index (χ0) is 9.80. The Morgan fingerprint density at radius 3 is 2.64 bits per heavy atom. The third kappa shape index (κ3) is 1.85. The maximum Gasteiger partial charge on any atom is 0.238 e. The summed E-state index contributed by atoms with van der Waals surface area (Å²) in [6, 6.07) is 9.42. The first kappa shape index (κ1) is 8.62. The molecule has 2 aromatic rings. The van der Waals surface area contributed by atoms with Crippen molar-refractivity contribution in [2.24, 2.45) is 0 Å². The van der Waals surface area contributed by atoms with Crippen LogP contribution in [0.4, 0.5) is 4.39 Å². The molecule has 14 heavy (non-hydrogen) atoms. The fourth-order valence-electron chi connectivity index (χ4n) is 0.982. The summed E-state index contributed by atoms with van der Waals surface area (Å²) in [5.41, 5.74) is 0. The Bertz CT molecular complexity index is 419. The molecule has 0 amide bonds. The second-order valence-electron chi connectivity index (χ2n) is 2.59. The van der Waals surface area contributed by atoms with E-state index in [4.69, 9.17) is 4.74 Å². The van der Waals surface area contributed by atoms with Gasteiger partial charge in [-0.1, -0.05) is 12.1 Å². The van der Waals surface area contributed by atoms with Crippen molar-refractivity contribution in [2.75, 3.05) is 0 Å². The van der Waals surface area contributed by atoms with Crippen LogP contribution in [0, 0.1) is 5.82 Å². The Kier molecular flexibility index (Phi) is 2.36. The molecule has 0 spiro atoms. The minimum Gasteiger partial charge on any atom is -0.434 e. The summed E-state index contributed by atoms with van der Waals surface area (Å²) in [4.78, 5) is 0.